The molecule has 0 saturated heterocycles. The molecule has 0 fully saturated rings. The number of hydrogen-bond acceptors (Lipinski definition) is 6. The van der Waals surface area contributed by atoms with Crippen molar-refractivity contribution in [3.63, 3.8) is 0 Å². The number of imidazole rings is 1. The van der Waals surface area contributed by atoms with E-state index in [1.807, 2.05) is 6.07 Å². The van der Waals surface area contributed by atoms with Gasteiger partial charge in [-0.3, -0.25) is 5.32 Å². The standard InChI is InChI=1S/C25H22ClN5O4/c1-35-24(32)29-18-5-2-14(3-6-18)21-12-28-23(30-21)25(33)9-8-15-10-16(13-31(34)22(15)25)19-11-17(26)4-7-20(19)27/h2-7,10-13,33H,8-9,27H2,1H3,(H,28,30)(H,29,32). The van der Waals surface area contributed by atoms with Gasteiger partial charge in [-0.1, -0.05) is 23.7 Å². The average molecular weight is 492 g/mol. The fraction of sp³-hybridized carbons (Fsp3) is 0.160. The molecule has 2 aromatic heterocycles. The molecule has 5 rings (SSSR count). The molecule has 0 radical (unpaired) electrons. The lowest BCUT2D eigenvalue weighted by Gasteiger charge is -2.20. The molecule has 0 saturated carbocycles. The van der Waals surface area contributed by atoms with E-state index in [1.165, 1.54) is 13.3 Å². The number of nitrogens with one attached hydrogen (secondary N) is 2. The highest BCUT2D eigenvalue weighted by Gasteiger charge is 2.48. The average Bonchev–Trinajstić information content (AvgIpc) is 3.47. The molecule has 1 aliphatic rings. The summed E-state index contributed by atoms with van der Waals surface area (Å²) in [6.45, 7) is 0. The number of rotatable bonds is 4. The van der Waals surface area contributed by atoms with E-state index in [0.717, 1.165) is 11.1 Å². The van der Waals surface area contributed by atoms with Crippen LogP contribution in [0.15, 0.2) is 60.9 Å². The molecule has 1 unspecified atom stereocenters. The molecule has 1 atom stereocenters. The summed E-state index contributed by atoms with van der Waals surface area (Å²) in [5, 5.41) is 27.8. The van der Waals surface area contributed by atoms with Gasteiger partial charge in [0, 0.05) is 33.1 Å². The van der Waals surface area contributed by atoms with E-state index in [9.17, 15) is 15.1 Å². The van der Waals surface area contributed by atoms with E-state index >= 15 is 0 Å². The summed E-state index contributed by atoms with van der Waals surface area (Å²) in [4.78, 5) is 18.9. The molecule has 35 heavy (non-hydrogen) atoms. The van der Waals surface area contributed by atoms with Crippen LogP contribution in [-0.2, 0) is 16.8 Å². The van der Waals surface area contributed by atoms with Gasteiger partial charge in [-0.05, 0) is 54.8 Å². The minimum absolute atomic E-state index is 0.236. The fourth-order valence-corrected chi connectivity index (χ4v) is 4.61. The van der Waals surface area contributed by atoms with Crippen molar-refractivity contribution >= 4 is 29.1 Å². The summed E-state index contributed by atoms with van der Waals surface area (Å²) in [5.74, 6) is 0.280. The summed E-state index contributed by atoms with van der Waals surface area (Å²) < 4.78 is 5.28. The van der Waals surface area contributed by atoms with Crippen LogP contribution in [0.3, 0.4) is 0 Å². The Labute approximate surface area is 205 Å². The van der Waals surface area contributed by atoms with Gasteiger partial charge < -0.3 is 25.8 Å². The van der Waals surface area contributed by atoms with Crippen molar-refractivity contribution in [3.05, 3.63) is 88.2 Å². The summed E-state index contributed by atoms with van der Waals surface area (Å²) in [6, 6.07) is 14.0. The third-order valence-corrected chi connectivity index (χ3v) is 6.42. The monoisotopic (exact) mass is 491 g/mol. The number of amides is 1. The number of pyridine rings is 1. The zero-order valence-corrected chi connectivity index (χ0v) is 19.5. The van der Waals surface area contributed by atoms with Crippen LogP contribution in [0.25, 0.3) is 22.4 Å². The predicted octanol–water partition coefficient (Wildman–Crippen LogP) is 3.97. The Morgan fingerprint density at radius 2 is 2.03 bits per heavy atom. The van der Waals surface area contributed by atoms with Crippen molar-refractivity contribution in [1.82, 2.24) is 9.97 Å². The quantitative estimate of drug-likeness (QED) is 0.193. The highest BCUT2D eigenvalue weighted by molar-refractivity contribution is 6.31. The number of carbonyl (C=O) groups is 1. The van der Waals surface area contributed by atoms with Gasteiger partial charge in [0.05, 0.1) is 19.0 Å². The maximum absolute atomic E-state index is 13.1. The van der Waals surface area contributed by atoms with Crippen LogP contribution in [-0.4, -0.2) is 28.3 Å². The maximum atomic E-state index is 13.1. The first-order valence-electron chi connectivity index (χ1n) is 10.8. The Kier molecular flexibility index (Phi) is 5.58. The number of aryl methyl sites for hydroxylation is 1. The van der Waals surface area contributed by atoms with Crippen LogP contribution in [0.4, 0.5) is 16.2 Å². The minimum atomic E-state index is -1.57. The fourth-order valence-electron chi connectivity index (χ4n) is 4.43. The molecule has 0 spiro atoms. The second-order valence-corrected chi connectivity index (χ2v) is 8.80. The van der Waals surface area contributed by atoms with Gasteiger partial charge >= 0.3 is 6.09 Å². The SMILES string of the molecule is COC(=O)Nc1ccc(-c2cnc(C3(O)CCc4cc(-c5cc(Cl)ccc5N)c[n+]([O-])c43)[nH]2)cc1. The number of aromatic amines is 1. The van der Waals surface area contributed by atoms with Gasteiger partial charge in [0.2, 0.25) is 11.3 Å². The number of anilines is 2. The molecule has 2 heterocycles. The largest absolute Gasteiger partial charge is 0.618 e. The number of fused-ring (bicyclic) bond motifs is 1. The van der Waals surface area contributed by atoms with E-state index < -0.39 is 11.7 Å². The van der Waals surface area contributed by atoms with Gasteiger partial charge in [-0.15, -0.1) is 0 Å². The summed E-state index contributed by atoms with van der Waals surface area (Å²) in [5.41, 5.74) is 9.31. The number of halogens is 1. The van der Waals surface area contributed by atoms with Gasteiger partial charge in [0.25, 0.3) is 0 Å². The Bertz CT molecular complexity index is 1440. The molecule has 1 aliphatic carbocycles. The van der Waals surface area contributed by atoms with Crippen molar-refractivity contribution in [2.45, 2.75) is 18.4 Å². The number of carbonyl (C=O) groups excluding carboxylic acids is 1. The smallest absolute Gasteiger partial charge is 0.411 e. The van der Waals surface area contributed by atoms with Crippen LogP contribution in [0.1, 0.15) is 23.5 Å². The number of aromatic nitrogens is 3. The lowest BCUT2D eigenvalue weighted by Crippen LogP contribution is -2.42. The zero-order valence-electron chi connectivity index (χ0n) is 18.7. The molecular weight excluding hydrogens is 470 g/mol. The van der Waals surface area contributed by atoms with E-state index in [2.05, 4.69) is 20.0 Å². The molecule has 5 N–H and O–H groups in total. The Balaban J connectivity index is 1.46. The lowest BCUT2D eigenvalue weighted by atomic mass is 9.98. The number of benzene rings is 2. The van der Waals surface area contributed by atoms with E-state index in [-0.39, 0.29) is 11.5 Å². The number of nitrogens with two attached hydrogens (primary N) is 1. The molecule has 9 nitrogen and oxygen atoms in total. The lowest BCUT2D eigenvalue weighted by molar-refractivity contribution is -0.620. The molecule has 178 valence electrons. The van der Waals surface area contributed by atoms with E-state index in [0.29, 0.717) is 50.8 Å². The van der Waals surface area contributed by atoms with Crippen LogP contribution in [0.2, 0.25) is 5.02 Å². The minimum Gasteiger partial charge on any atom is -0.618 e. The first kappa shape index (κ1) is 22.7. The second kappa shape index (κ2) is 8.61. The highest BCUT2D eigenvalue weighted by atomic mass is 35.5. The second-order valence-electron chi connectivity index (χ2n) is 8.36. The van der Waals surface area contributed by atoms with Crippen LogP contribution in [0.5, 0.6) is 0 Å². The third kappa shape index (κ3) is 4.05. The van der Waals surface area contributed by atoms with Crippen molar-refractivity contribution in [2.75, 3.05) is 18.2 Å². The Hall–Kier alpha value is -4.08. The van der Waals surface area contributed by atoms with E-state index in [1.54, 1.807) is 48.7 Å². The maximum Gasteiger partial charge on any atom is 0.411 e. The zero-order chi connectivity index (χ0) is 24.7. The molecule has 2 aromatic carbocycles. The van der Waals surface area contributed by atoms with Gasteiger partial charge in [0.1, 0.15) is 5.82 Å². The van der Waals surface area contributed by atoms with E-state index in [4.69, 9.17) is 17.3 Å². The molecular formula is C25H22ClN5O4. The third-order valence-electron chi connectivity index (χ3n) is 6.18. The summed E-state index contributed by atoms with van der Waals surface area (Å²) >= 11 is 6.12. The van der Waals surface area contributed by atoms with Crippen molar-refractivity contribution < 1.29 is 19.4 Å². The normalized spacial score (nSPS) is 16.7. The number of nitrogen functional groups attached to an aromatic ring is 1. The summed E-state index contributed by atoms with van der Waals surface area (Å²) in [6.07, 6.45) is 3.23. The first-order chi connectivity index (χ1) is 16.8. The predicted molar refractivity (Wildman–Crippen MR) is 132 cm³/mol. The Morgan fingerprint density at radius 3 is 2.77 bits per heavy atom. The van der Waals surface area contributed by atoms with Gasteiger partial charge in [0.15, 0.2) is 6.20 Å². The van der Waals surface area contributed by atoms with Crippen LogP contribution in [0, 0.1) is 5.21 Å². The van der Waals surface area contributed by atoms with Crippen molar-refractivity contribution in [2.24, 2.45) is 0 Å². The van der Waals surface area contributed by atoms with Gasteiger partial charge in [-0.2, -0.15) is 4.73 Å². The van der Waals surface area contributed by atoms with Gasteiger partial charge in [-0.25, -0.2) is 9.78 Å². The Morgan fingerprint density at radius 1 is 1.26 bits per heavy atom. The number of nitrogens with zero attached hydrogens (tertiary/aromatic N) is 2. The number of ether oxygens (including phenoxy) is 1. The number of hydrogen-bond donors (Lipinski definition) is 4. The molecule has 0 bridgehead atoms. The molecule has 1 amide bonds. The molecule has 10 heteroatoms. The topological polar surface area (TPSA) is 140 Å². The van der Waals surface area contributed by atoms with Crippen LogP contribution < -0.4 is 15.8 Å². The highest BCUT2D eigenvalue weighted by Crippen LogP contribution is 2.41. The number of methoxy groups -OCH3 is 1. The first-order valence-corrected chi connectivity index (χ1v) is 11.2. The van der Waals surface area contributed by atoms with Crippen molar-refractivity contribution in [3.8, 4) is 22.4 Å². The van der Waals surface area contributed by atoms with Crippen LogP contribution >= 0.6 is 11.6 Å². The number of H-pyrrole nitrogens is 1. The van der Waals surface area contributed by atoms with Crippen molar-refractivity contribution in [1.29, 1.82) is 0 Å². The molecule has 4 aromatic rings. The number of aliphatic hydroxyl groups is 1. The summed E-state index contributed by atoms with van der Waals surface area (Å²) in [7, 11) is 1.29. The molecule has 0 aliphatic heterocycles.